The number of nitrogens with one attached hydrogen (secondary N) is 1. The minimum atomic E-state index is -0.654. The molecule has 0 bridgehead atoms. The highest BCUT2D eigenvalue weighted by Gasteiger charge is 2.29. The minimum absolute atomic E-state index is 0.0956. The predicted molar refractivity (Wildman–Crippen MR) is 80.5 cm³/mol. The Bertz CT molecular complexity index is 567. The molecular formula is C16H17ClFNO. The van der Waals surface area contributed by atoms with Gasteiger partial charge in [-0.1, -0.05) is 36.7 Å². The number of anilines is 1. The highest BCUT2D eigenvalue weighted by atomic mass is 35.5. The normalized spacial score (nSPS) is 13.8. The van der Waals surface area contributed by atoms with Crippen LogP contribution in [0.1, 0.15) is 18.9 Å². The number of aliphatic hydroxyl groups excluding tert-OH is 1. The fraction of sp³-hybridized carbons (Fsp3) is 0.250. The van der Waals surface area contributed by atoms with Crippen LogP contribution in [0.3, 0.4) is 0 Å². The highest BCUT2D eigenvalue weighted by molar-refractivity contribution is 6.30. The zero-order valence-electron chi connectivity index (χ0n) is 11.2. The molecule has 2 aromatic carbocycles. The van der Waals surface area contributed by atoms with E-state index in [2.05, 4.69) is 5.32 Å². The van der Waals surface area contributed by atoms with E-state index in [0.29, 0.717) is 11.4 Å². The van der Waals surface area contributed by atoms with Crippen LogP contribution in [0.15, 0.2) is 48.5 Å². The number of aliphatic hydroxyl groups is 1. The van der Waals surface area contributed by atoms with Crippen molar-refractivity contribution in [1.29, 1.82) is 0 Å². The number of hydrogen-bond acceptors (Lipinski definition) is 2. The molecule has 2 nitrogen and oxygen atoms in total. The van der Waals surface area contributed by atoms with Crippen molar-refractivity contribution >= 4 is 17.3 Å². The topological polar surface area (TPSA) is 32.3 Å². The first kappa shape index (κ1) is 14.8. The van der Waals surface area contributed by atoms with Crippen molar-refractivity contribution in [3.63, 3.8) is 0 Å². The van der Waals surface area contributed by atoms with E-state index >= 15 is 0 Å². The fourth-order valence-electron chi connectivity index (χ4n) is 2.22. The lowest BCUT2D eigenvalue weighted by Crippen LogP contribution is -2.38. The van der Waals surface area contributed by atoms with Crippen molar-refractivity contribution < 1.29 is 9.50 Å². The molecule has 20 heavy (non-hydrogen) atoms. The number of rotatable bonds is 5. The lowest BCUT2D eigenvalue weighted by molar-refractivity contribution is 0.207. The quantitative estimate of drug-likeness (QED) is 0.866. The monoisotopic (exact) mass is 293 g/mol. The van der Waals surface area contributed by atoms with Crippen LogP contribution in [-0.4, -0.2) is 11.7 Å². The minimum Gasteiger partial charge on any atom is -0.394 e. The fourth-order valence-corrected chi connectivity index (χ4v) is 2.41. The van der Waals surface area contributed by atoms with Gasteiger partial charge in [0.25, 0.3) is 0 Å². The molecule has 0 aromatic heterocycles. The molecule has 0 heterocycles. The Kier molecular flexibility index (Phi) is 4.63. The SMILES string of the molecule is CCC(CO)(Nc1cccc(Cl)c1)c1ccc(F)cc1. The third-order valence-corrected chi connectivity index (χ3v) is 3.71. The molecule has 0 saturated carbocycles. The molecule has 2 N–H and O–H groups in total. The zero-order valence-corrected chi connectivity index (χ0v) is 12.0. The van der Waals surface area contributed by atoms with E-state index in [9.17, 15) is 9.50 Å². The van der Waals surface area contributed by atoms with E-state index in [1.165, 1.54) is 12.1 Å². The van der Waals surface area contributed by atoms with Crippen molar-refractivity contribution in [2.24, 2.45) is 0 Å². The van der Waals surface area contributed by atoms with E-state index in [1.807, 2.05) is 19.1 Å². The second-order valence-corrected chi connectivity index (χ2v) is 5.17. The molecule has 4 heteroatoms. The van der Waals surface area contributed by atoms with Gasteiger partial charge in [-0.3, -0.25) is 0 Å². The van der Waals surface area contributed by atoms with Gasteiger partial charge in [0, 0.05) is 10.7 Å². The van der Waals surface area contributed by atoms with E-state index in [-0.39, 0.29) is 12.4 Å². The van der Waals surface area contributed by atoms with E-state index in [1.54, 1.807) is 24.3 Å². The summed E-state index contributed by atoms with van der Waals surface area (Å²) in [6.45, 7) is 1.87. The Morgan fingerprint density at radius 1 is 1.20 bits per heavy atom. The predicted octanol–water partition coefficient (Wildman–Crippen LogP) is 4.19. The summed E-state index contributed by atoms with van der Waals surface area (Å²) in [6.07, 6.45) is 0.654. The molecule has 2 rings (SSSR count). The summed E-state index contributed by atoms with van der Waals surface area (Å²) in [5.74, 6) is -0.292. The first-order valence-electron chi connectivity index (χ1n) is 6.50. The lowest BCUT2D eigenvalue weighted by atomic mass is 9.87. The summed E-state index contributed by atoms with van der Waals surface area (Å²) in [5.41, 5.74) is 1.000. The molecule has 0 spiro atoms. The summed E-state index contributed by atoms with van der Waals surface area (Å²) in [5, 5.41) is 13.8. The van der Waals surface area contributed by atoms with Crippen LogP contribution in [0, 0.1) is 5.82 Å². The van der Waals surface area contributed by atoms with E-state index in [0.717, 1.165) is 11.3 Å². The van der Waals surface area contributed by atoms with Crippen molar-refractivity contribution in [3.8, 4) is 0 Å². The maximum Gasteiger partial charge on any atom is 0.123 e. The standard InChI is InChI=1S/C16H17ClFNO/c1-2-16(11-20,12-6-8-14(18)9-7-12)19-15-5-3-4-13(17)10-15/h3-10,19-20H,2,11H2,1H3. The first-order chi connectivity index (χ1) is 9.59. The van der Waals surface area contributed by atoms with Crippen LogP contribution in [0.2, 0.25) is 5.02 Å². The lowest BCUT2D eigenvalue weighted by Gasteiger charge is -2.33. The van der Waals surface area contributed by atoms with Gasteiger partial charge in [0.15, 0.2) is 0 Å². The van der Waals surface area contributed by atoms with Gasteiger partial charge in [-0.05, 0) is 42.3 Å². The third kappa shape index (κ3) is 3.11. The van der Waals surface area contributed by atoms with Crippen LogP contribution in [0.25, 0.3) is 0 Å². The molecule has 0 fully saturated rings. The summed E-state index contributed by atoms with van der Waals surface area (Å²) >= 11 is 5.97. The third-order valence-electron chi connectivity index (χ3n) is 3.48. The summed E-state index contributed by atoms with van der Waals surface area (Å²) in [6, 6.07) is 13.5. The molecule has 0 aliphatic heterocycles. The molecule has 0 aliphatic carbocycles. The molecule has 1 atom stereocenters. The Morgan fingerprint density at radius 3 is 2.45 bits per heavy atom. The maximum atomic E-state index is 13.1. The van der Waals surface area contributed by atoms with Crippen LogP contribution < -0.4 is 5.32 Å². The smallest absolute Gasteiger partial charge is 0.123 e. The second-order valence-electron chi connectivity index (χ2n) is 4.74. The summed E-state index contributed by atoms with van der Waals surface area (Å²) in [7, 11) is 0. The van der Waals surface area contributed by atoms with Gasteiger partial charge in [0.2, 0.25) is 0 Å². The number of hydrogen-bond donors (Lipinski definition) is 2. The molecule has 0 aliphatic rings. The number of benzene rings is 2. The highest BCUT2D eigenvalue weighted by Crippen LogP contribution is 2.30. The van der Waals surface area contributed by atoms with Crippen molar-refractivity contribution in [3.05, 3.63) is 64.9 Å². The molecule has 0 saturated heterocycles. The molecule has 106 valence electrons. The van der Waals surface area contributed by atoms with Gasteiger partial charge in [0.05, 0.1) is 12.1 Å². The van der Waals surface area contributed by atoms with Gasteiger partial charge in [-0.15, -0.1) is 0 Å². The molecule has 0 amide bonds. The Labute approximate surface area is 123 Å². The van der Waals surface area contributed by atoms with Crippen LogP contribution >= 0.6 is 11.6 Å². The van der Waals surface area contributed by atoms with E-state index < -0.39 is 5.54 Å². The van der Waals surface area contributed by atoms with Crippen molar-refractivity contribution in [2.75, 3.05) is 11.9 Å². The van der Waals surface area contributed by atoms with Gasteiger partial charge in [-0.2, -0.15) is 0 Å². The van der Waals surface area contributed by atoms with Gasteiger partial charge in [-0.25, -0.2) is 4.39 Å². The zero-order chi connectivity index (χ0) is 14.6. The second kappa shape index (κ2) is 6.25. The van der Waals surface area contributed by atoms with Crippen molar-refractivity contribution in [2.45, 2.75) is 18.9 Å². The Hall–Kier alpha value is -1.58. The molecule has 1 unspecified atom stereocenters. The summed E-state index contributed by atoms with van der Waals surface area (Å²) in [4.78, 5) is 0. The Morgan fingerprint density at radius 2 is 1.90 bits per heavy atom. The summed E-state index contributed by atoms with van der Waals surface area (Å²) < 4.78 is 13.1. The van der Waals surface area contributed by atoms with Gasteiger partial charge >= 0.3 is 0 Å². The van der Waals surface area contributed by atoms with Gasteiger partial charge in [0.1, 0.15) is 5.82 Å². The average Bonchev–Trinajstić information content (AvgIpc) is 2.46. The first-order valence-corrected chi connectivity index (χ1v) is 6.88. The largest absolute Gasteiger partial charge is 0.394 e. The van der Waals surface area contributed by atoms with Crippen LogP contribution in [0.4, 0.5) is 10.1 Å². The van der Waals surface area contributed by atoms with Crippen LogP contribution in [-0.2, 0) is 5.54 Å². The Balaban J connectivity index is 2.36. The number of halogens is 2. The van der Waals surface area contributed by atoms with Crippen molar-refractivity contribution in [1.82, 2.24) is 0 Å². The van der Waals surface area contributed by atoms with E-state index in [4.69, 9.17) is 11.6 Å². The maximum absolute atomic E-state index is 13.1. The molecule has 0 radical (unpaired) electrons. The van der Waals surface area contributed by atoms with Gasteiger partial charge < -0.3 is 10.4 Å². The average molecular weight is 294 g/mol. The molecular weight excluding hydrogens is 277 g/mol. The van der Waals surface area contributed by atoms with Crippen LogP contribution in [0.5, 0.6) is 0 Å². The molecule has 2 aromatic rings.